The third kappa shape index (κ3) is 4.32. The average Bonchev–Trinajstić information content (AvgIpc) is 2.68. The standard InChI is InChI=1S/C22H28N2O2/c1-4-18-15-21(9-10-22(18)23-17(3)25)20-7-5-19(6-8-20)16(2)24-11-13-26-14-12-24/h5-10,15-16H,4,11-14H2,1-3H3,(H,23,25)/t16-/m0/s1. The van der Waals surface area contributed by atoms with E-state index in [1.165, 1.54) is 16.7 Å². The Bertz CT molecular complexity index is 749. The van der Waals surface area contributed by atoms with Gasteiger partial charge in [-0.3, -0.25) is 9.69 Å². The van der Waals surface area contributed by atoms with Gasteiger partial charge in [0.2, 0.25) is 5.91 Å². The molecule has 1 aliphatic rings. The van der Waals surface area contributed by atoms with Crippen molar-refractivity contribution in [2.45, 2.75) is 33.2 Å². The maximum absolute atomic E-state index is 11.3. The van der Waals surface area contributed by atoms with Crippen LogP contribution >= 0.6 is 0 Å². The minimum absolute atomic E-state index is 0.0334. The van der Waals surface area contributed by atoms with Crippen molar-refractivity contribution >= 4 is 11.6 Å². The highest BCUT2D eigenvalue weighted by atomic mass is 16.5. The smallest absolute Gasteiger partial charge is 0.221 e. The fraction of sp³-hybridized carbons (Fsp3) is 0.409. The quantitative estimate of drug-likeness (QED) is 0.874. The summed E-state index contributed by atoms with van der Waals surface area (Å²) in [6.07, 6.45) is 0.885. The molecule has 3 rings (SSSR count). The molecule has 0 unspecified atom stereocenters. The van der Waals surface area contributed by atoms with Gasteiger partial charge in [-0.25, -0.2) is 0 Å². The van der Waals surface area contributed by atoms with Crippen LogP contribution in [0.5, 0.6) is 0 Å². The lowest BCUT2D eigenvalue weighted by atomic mass is 9.98. The molecule has 1 heterocycles. The van der Waals surface area contributed by atoms with Crippen LogP contribution in [0.2, 0.25) is 0 Å². The number of ether oxygens (including phenoxy) is 1. The number of carbonyl (C=O) groups excluding carboxylic acids is 1. The average molecular weight is 352 g/mol. The SMILES string of the molecule is CCc1cc(-c2ccc([C@H](C)N3CCOCC3)cc2)ccc1NC(C)=O. The number of hydrogen-bond acceptors (Lipinski definition) is 3. The first-order valence-corrected chi connectivity index (χ1v) is 9.41. The zero-order valence-corrected chi connectivity index (χ0v) is 15.9. The number of benzene rings is 2. The summed E-state index contributed by atoms with van der Waals surface area (Å²) in [5, 5.41) is 2.91. The zero-order valence-electron chi connectivity index (χ0n) is 15.9. The molecule has 0 aliphatic carbocycles. The number of rotatable bonds is 5. The van der Waals surface area contributed by atoms with Gasteiger partial charge in [-0.05, 0) is 47.7 Å². The first-order valence-electron chi connectivity index (χ1n) is 9.41. The predicted octanol–water partition coefficient (Wildman–Crippen LogP) is 4.27. The molecule has 26 heavy (non-hydrogen) atoms. The topological polar surface area (TPSA) is 41.6 Å². The first kappa shape index (κ1) is 18.6. The number of amides is 1. The Morgan fingerprint density at radius 1 is 1.12 bits per heavy atom. The minimum Gasteiger partial charge on any atom is -0.379 e. The summed E-state index contributed by atoms with van der Waals surface area (Å²) in [6.45, 7) is 9.55. The number of hydrogen-bond donors (Lipinski definition) is 1. The Kier molecular flexibility index (Phi) is 6.07. The second-order valence-corrected chi connectivity index (χ2v) is 6.85. The molecule has 1 saturated heterocycles. The van der Waals surface area contributed by atoms with E-state index >= 15 is 0 Å². The lowest BCUT2D eigenvalue weighted by molar-refractivity contribution is -0.114. The second kappa shape index (κ2) is 8.47. The molecule has 0 aromatic heterocycles. The van der Waals surface area contributed by atoms with Gasteiger partial charge in [0.25, 0.3) is 0 Å². The summed E-state index contributed by atoms with van der Waals surface area (Å²) < 4.78 is 5.45. The van der Waals surface area contributed by atoms with Gasteiger partial charge >= 0.3 is 0 Å². The van der Waals surface area contributed by atoms with E-state index < -0.39 is 0 Å². The van der Waals surface area contributed by atoms with Crippen LogP contribution in [0, 0.1) is 0 Å². The molecule has 2 aromatic rings. The number of morpholine rings is 1. The largest absolute Gasteiger partial charge is 0.379 e. The Morgan fingerprint density at radius 3 is 2.38 bits per heavy atom. The van der Waals surface area contributed by atoms with Gasteiger partial charge in [-0.2, -0.15) is 0 Å². The minimum atomic E-state index is -0.0334. The van der Waals surface area contributed by atoms with E-state index in [9.17, 15) is 4.79 Å². The number of carbonyl (C=O) groups is 1. The summed E-state index contributed by atoms with van der Waals surface area (Å²) in [7, 11) is 0. The number of anilines is 1. The van der Waals surface area contributed by atoms with Crippen LogP contribution in [-0.2, 0) is 16.0 Å². The van der Waals surface area contributed by atoms with Crippen molar-refractivity contribution in [3.8, 4) is 11.1 Å². The van der Waals surface area contributed by atoms with Gasteiger partial charge in [0, 0.05) is 31.7 Å². The lowest BCUT2D eigenvalue weighted by Gasteiger charge is -2.32. The van der Waals surface area contributed by atoms with Gasteiger partial charge < -0.3 is 10.1 Å². The molecule has 4 nitrogen and oxygen atoms in total. The zero-order chi connectivity index (χ0) is 18.5. The summed E-state index contributed by atoms with van der Waals surface area (Å²) in [5.41, 5.74) is 5.78. The van der Waals surface area contributed by atoms with Gasteiger partial charge in [0.05, 0.1) is 13.2 Å². The molecule has 1 amide bonds. The van der Waals surface area contributed by atoms with Crippen LogP contribution in [0.25, 0.3) is 11.1 Å². The molecule has 138 valence electrons. The van der Waals surface area contributed by atoms with Gasteiger partial charge in [-0.1, -0.05) is 37.3 Å². The van der Waals surface area contributed by atoms with E-state index in [0.717, 1.165) is 44.0 Å². The highest BCUT2D eigenvalue weighted by molar-refractivity contribution is 5.90. The maximum Gasteiger partial charge on any atom is 0.221 e. The van der Waals surface area contributed by atoms with Crippen LogP contribution in [0.3, 0.4) is 0 Å². The van der Waals surface area contributed by atoms with Crippen molar-refractivity contribution < 1.29 is 9.53 Å². The summed E-state index contributed by atoms with van der Waals surface area (Å²) >= 11 is 0. The summed E-state index contributed by atoms with van der Waals surface area (Å²) in [6, 6.07) is 15.5. The molecular weight excluding hydrogens is 324 g/mol. The van der Waals surface area contributed by atoms with Crippen LogP contribution in [0.1, 0.15) is 37.9 Å². The first-order chi connectivity index (χ1) is 12.6. The molecule has 1 aliphatic heterocycles. The molecule has 0 saturated carbocycles. The molecule has 1 N–H and O–H groups in total. The normalized spacial score (nSPS) is 16.3. The van der Waals surface area contributed by atoms with E-state index in [4.69, 9.17) is 4.74 Å². The Balaban J connectivity index is 1.78. The molecule has 1 atom stereocenters. The van der Waals surface area contributed by atoms with Crippen LogP contribution in [-0.4, -0.2) is 37.1 Å². The van der Waals surface area contributed by atoms with E-state index in [1.54, 1.807) is 6.92 Å². The monoisotopic (exact) mass is 352 g/mol. The Labute approximate surface area is 156 Å². The third-order valence-corrected chi connectivity index (χ3v) is 5.12. The van der Waals surface area contributed by atoms with Crippen molar-refractivity contribution in [1.29, 1.82) is 0 Å². The second-order valence-electron chi connectivity index (χ2n) is 6.85. The van der Waals surface area contributed by atoms with Crippen LogP contribution in [0.15, 0.2) is 42.5 Å². The van der Waals surface area contributed by atoms with Gasteiger partial charge in [-0.15, -0.1) is 0 Å². The van der Waals surface area contributed by atoms with E-state index in [0.29, 0.717) is 6.04 Å². The van der Waals surface area contributed by atoms with Crippen molar-refractivity contribution in [3.63, 3.8) is 0 Å². The molecule has 0 spiro atoms. The van der Waals surface area contributed by atoms with Crippen molar-refractivity contribution in [1.82, 2.24) is 4.90 Å². The Morgan fingerprint density at radius 2 is 1.77 bits per heavy atom. The van der Waals surface area contributed by atoms with Gasteiger partial charge in [0.15, 0.2) is 0 Å². The van der Waals surface area contributed by atoms with E-state index in [-0.39, 0.29) is 5.91 Å². The lowest BCUT2D eigenvalue weighted by Crippen LogP contribution is -2.37. The van der Waals surface area contributed by atoms with E-state index in [2.05, 4.69) is 60.5 Å². The van der Waals surface area contributed by atoms with Crippen molar-refractivity contribution in [2.75, 3.05) is 31.6 Å². The number of nitrogens with zero attached hydrogens (tertiary/aromatic N) is 1. The number of nitrogens with one attached hydrogen (secondary N) is 1. The van der Waals surface area contributed by atoms with Crippen molar-refractivity contribution in [3.05, 3.63) is 53.6 Å². The maximum atomic E-state index is 11.3. The van der Waals surface area contributed by atoms with Gasteiger partial charge in [0.1, 0.15) is 0 Å². The molecule has 1 fully saturated rings. The molecule has 0 radical (unpaired) electrons. The predicted molar refractivity (Wildman–Crippen MR) is 106 cm³/mol. The Hall–Kier alpha value is -2.17. The van der Waals surface area contributed by atoms with E-state index in [1.807, 2.05) is 6.07 Å². The van der Waals surface area contributed by atoms with Crippen LogP contribution in [0.4, 0.5) is 5.69 Å². The molecular formula is C22H28N2O2. The fourth-order valence-electron chi connectivity index (χ4n) is 3.51. The summed E-state index contributed by atoms with van der Waals surface area (Å²) in [5.74, 6) is -0.0334. The highest BCUT2D eigenvalue weighted by Gasteiger charge is 2.18. The van der Waals surface area contributed by atoms with Crippen molar-refractivity contribution in [2.24, 2.45) is 0 Å². The highest BCUT2D eigenvalue weighted by Crippen LogP contribution is 2.28. The third-order valence-electron chi connectivity index (χ3n) is 5.12. The summed E-state index contributed by atoms with van der Waals surface area (Å²) in [4.78, 5) is 13.8. The molecule has 2 aromatic carbocycles. The molecule has 4 heteroatoms. The number of aryl methyl sites for hydroxylation is 1. The molecule has 0 bridgehead atoms. The fourth-order valence-corrected chi connectivity index (χ4v) is 3.51. The van der Waals surface area contributed by atoms with Crippen LogP contribution < -0.4 is 5.32 Å².